The van der Waals surface area contributed by atoms with E-state index in [4.69, 9.17) is 0 Å². The highest BCUT2D eigenvalue weighted by molar-refractivity contribution is 7.15. The molecular formula is C22H26N4OS. The Hall–Kier alpha value is -2.31. The van der Waals surface area contributed by atoms with E-state index in [1.54, 1.807) is 0 Å². The van der Waals surface area contributed by atoms with Crippen LogP contribution in [0.1, 0.15) is 49.6 Å². The van der Waals surface area contributed by atoms with Gasteiger partial charge in [-0.3, -0.25) is 9.69 Å². The van der Waals surface area contributed by atoms with Gasteiger partial charge in [-0.2, -0.15) is 0 Å². The van der Waals surface area contributed by atoms with Crippen LogP contribution in [-0.2, 0) is 11.3 Å². The number of benzene rings is 2. The molecule has 6 heteroatoms. The minimum Gasteiger partial charge on any atom is -0.300 e. The lowest BCUT2D eigenvalue weighted by atomic mass is 10.0. The third kappa shape index (κ3) is 4.56. The van der Waals surface area contributed by atoms with E-state index in [0.717, 1.165) is 18.1 Å². The van der Waals surface area contributed by atoms with E-state index in [0.29, 0.717) is 23.5 Å². The Labute approximate surface area is 169 Å². The standard InChI is InChI=1S/C22H26N4OS/c1-15(2)21-24-25-22(28-21)23-20(27)12-13-26(18-10-11-18)14-17-8-5-7-16-6-3-4-9-19(16)17/h3-9,15,18H,10-14H2,1-2H3,(H,23,25,27). The molecule has 0 spiro atoms. The largest absolute Gasteiger partial charge is 0.300 e. The Morgan fingerprint density at radius 3 is 2.71 bits per heavy atom. The third-order valence-corrected chi connectivity index (χ3v) is 6.26. The van der Waals surface area contributed by atoms with Crippen LogP contribution in [0.5, 0.6) is 0 Å². The average Bonchev–Trinajstić information content (AvgIpc) is 3.43. The van der Waals surface area contributed by atoms with Gasteiger partial charge in [-0.15, -0.1) is 10.2 Å². The molecule has 2 aromatic carbocycles. The van der Waals surface area contributed by atoms with Crippen molar-refractivity contribution in [1.82, 2.24) is 15.1 Å². The Bertz CT molecular complexity index is 959. The Kier molecular flexibility index (Phi) is 5.69. The summed E-state index contributed by atoms with van der Waals surface area (Å²) in [7, 11) is 0. The maximum Gasteiger partial charge on any atom is 0.227 e. The molecule has 0 saturated heterocycles. The van der Waals surface area contributed by atoms with E-state index in [-0.39, 0.29) is 5.91 Å². The fourth-order valence-corrected chi connectivity index (χ4v) is 4.19. The van der Waals surface area contributed by atoms with Crippen molar-refractivity contribution >= 4 is 33.1 Å². The molecule has 5 nitrogen and oxygen atoms in total. The van der Waals surface area contributed by atoms with Crippen molar-refractivity contribution in [1.29, 1.82) is 0 Å². The number of aromatic nitrogens is 2. The summed E-state index contributed by atoms with van der Waals surface area (Å²) in [5.74, 6) is 0.337. The molecule has 1 saturated carbocycles. The van der Waals surface area contributed by atoms with E-state index in [1.807, 2.05) is 0 Å². The number of amides is 1. The molecule has 1 aliphatic carbocycles. The first-order valence-electron chi connectivity index (χ1n) is 9.94. The normalized spacial score (nSPS) is 14.1. The van der Waals surface area contributed by atoms with Crippen LogP contribution in [-0.4, -0.2) is 33.6 Å². The lowest BCUT2D eigenvalue weighted by Gasteiger charge is -2.22. The van der Waals surface area contributed by atoms with E-state index in [9.17, 15) is 4.79 Å². The fraction of sp³-hybridized carbons (Fsp3) is 0.409. The van der Waals surface area contributed by atoms with Gasteiger partial charge in [-0.25, -0.2) is 0 Å². The second-order valence-corrected chi connectivity index (χ2v) is 8.75. The summed E-state index contributed by atoms with van der Waals surface area (Å²) in [6.07, 6.45) is 2.92. The molecule has 0 bridgehead atoms. The molecule has 0 aliphatic heterocycles. The summed E-state index contributed by atoms with van der Waals surface area (Å²) < 4.78 is 0. The molecule has 0 atom stereocenters. The summed E-state index contributed by atoms with van der Waals surface area (Å²) >= 11 is 1.46. The molecule has 4 rings (SSSR count). The smallest absolute Gasteiger partial charge is 0.227 e. The molecule has 3 aromatic rings. The van der Waals surface area contributed by atoms with Gasteiger partial charge in [0.15, 0.2) is 0 Å². The summed E-state index contributed by atoms with van der Waals surface area (Å²) in [6.45, 7) is 5.80. The zero-order valence-electron chi connectivity index (χ0n) is 16.4. The van der Waals surface area contributed by atoms with Gasteiger partial charge in [0.25, 0.3) is 0 Å². The zero-order chi connectivity index (χ0) is 19.5. The van der Waals surface area contributed by atoms with Crippen molar-refractivity contribution in [3.8, 4) is 0 Å². The highest BCUT2D eigenvalue weighted by Gasteiger charge is 2.29. The van der Waals surface area contributed by atoms with E-state index >= 15 is 0 Å². The molecule has 0 unspecified atom stereocenters. The van der Waals surface area contributed by atoms with Crippen LogP contribution in [0.15, 0.2) is 42.5 Å². The van der Waals surface area contributed by atoms with Crippen LogP contribution in [0, 0.1) is 0 Å². The summed E-state index contributed by atoms with van der Waals surface area (Å²) in [5, 5.41) is 15.2. The van der Waals surface area contributed by atoms with E-state index < -0.39 is 0 Å². The van der Waals surface area contributed by atoms with Gasteiger partial charge in [-0.05, 0) is 29.2 Å². The second kappa shape index (κ2) is 8.37. The van der Waals surface area contributed by atoms with Gasteiger partial charge in [0.2, 0.25) is 11.0 Å². The molecule has 0 radical (unpaired) electrons. The first-order chi connectivity index (χ1) is 13.6. The van der Waals surface area contributed by atoms with Crippen LogP contribution in [0.25, 0.3) is 10.8 Å². The SMILES string of the molecule is CC(C)c1nnc(NC(=O)CCN(Cc2cccc3ccccc23)C2CC2)s1. The Balaban J connectivity index is 1.38. The lowest BCUT2D eigenvalue weighted by Crippen LogP contribution is -2.29. The van der Waals surface area contributed by atoms with Crippen LogP contribution in [0.2, 0.25) is 0 Å². The van der Waals surface area contributed by atoms with Crippen molar-refractivity contribution in [3.05, 3.63) is 53.0 Å². The number of carbonyl (C=O) groups is 1. The molecule has 1 aliphatic rings. The van der Waals surface area contributed by atoms with Crippen molar-refractivity contribution in [2.24, 2.45) is 0 Å². The summed E-state index contributed by atoms with van der Waals surface area (Å²) in [6, 6.07) is 15.6. The molecule has 146 valence electrons. The maximum absolute atomic E-state index is 12.4. The zero-order valence-corrected chi connectivity index (χ0v) is 17.2. The third-order valence-electron chi connectivity index (χ3n) is 5.12. The van der Waals surface area contributed by atoms with Gasteiger partial charge < -0.3 is 5.32 Å². The molecule has 1 fully saturated rings. The quantitative estimate of drug-likeness (QED) is 0.596. The van der Waals surface area contributed by atoms with Crippen molar-refractivity contribution < 1.29 is 4.79 Å². The highest BCUT2D eigenvalue weighted by Crippen LogP contribution is 2.30. The molecule has 1 heterocycles. The Morgan fingerprint density at radius 2 is 1.96 bits per heavy atom. The molecule has 1 amide bonds. The van der Waals surface area contributed by atoms with Crippen molar-refractivity contribution in [2.75, 3.05) is 11.9 Å². The minimum atomic E-state index is 0.00928. The highest BCUT2D eigenvalue weighted by atomic mass is 32.1. The lowest BCUT2D eigenvalue weighted by molar-refractivity contribution is -0.116. The number of fused-ring (bicyclic) bond motifs is 1. The van der Waals surface area contributed by atoms with Gasteiger partial charge in [-0.1, -0.05) is 67.6 Å². The number of rotatable bonds is 8. The van der Waals surface area contributed by atoms with E-state index in [2.05, 4.69) is 76.7 Å². The second-order valence-electron chi connectivity index (χ2n) is 7.74. The van der Waals surface area contributed by atoms with Crippen LogP contribution in [0.4, 0.5) is 5.13 Å². The van der Waals surface area contributed by atoms with Crippen LogP contribution >= 0.6 is 11.3 Å². The van der Waals surface area contributed by atoms with Gasteiger partial charge in [0, 0.05) is 31.5 Å². The van der Waals surface area contributed by atoms with Crippen LogP contribution in [0.3, 0.4) is 0 Å². The number of carbonyl (C=O) groups excluding carboxylic acids is 1. The molecule has 28 heavy (non-hydrogen) atoms. The van der Waals surface area contributed by atoms with Gasteiger partial charge >= 0.3 is 0 Å². The summed E-state index contributed by atoms with van der Waals surface area (Å²) in [5.41, 5.74) is 1.33. The summed E-state index contributed by atoms with van der Waals surface area (Å²) in [4.78, 5) is 14.9. The monoisotopic (exact) mass is 394 g/mol. The number of anilines is 1. The predicted molar refractivity (Wildman–Crippen MR) is 115 cm³/mol. The Morgan fingerprint density at radius 1 is 1.18 bits per heavy atom. The molecule has 1 aromatic heterocycles. The first-order valence-corrected chi connectivity index (χ1v) is 10.8. The topological polar surface area (TPSA) is 58.1 Å². The van der Waals surface area contributed by atoms with Gasteiger partial charge in [0.05, 0.1) is 0 Å². The maximum atomic E-state index is 12.4. The fourth-order valence-electron chi connectivity index (χ4n) is 3.42. The average molecular weight is 395 g/mol. The van der Waals surface area contributed by atoms with E-state index in [1.165, 1.54) is 40.5 Å². The number of hydrogen-bond donors (Lipinski definition) is 1. The van der Waals surface area contributed by atoms with Gasteiger partial charge in [0.1, 0.15) is 5.01 Å². The predicted octanol–water partition coefficient (Wildman–Crippen LogP) is 4.81. The molecule has 1 N–H and O–H groups in total. The number of hydrogen-bond acceptors (Lipinski definition) is 5. The van der Waals surface area contributed by atoms with Crippen molar-refractivity contribution in [3.63, 3.8) is 0 Å². The minimum absolute atomic E-state index is 0.00928. The number of nitrogens with one attached hydrogen (secondary N) is 1. The molecular weight excluding hydrogens is 368 g/mol. The first kappa shape index (κ1) is 19.0. The van der Waals surface area contributed by atoms with Crippen LogP contribution < -0.4 is 5.32 Å². The number of nitrogens with zero attached hydrogens (tertiary/aromatic N) is 3. The van der Waals surface area contributed by atoms with Crippen molar-refractivity contribution in [2.45, 2.75) is 51.6 Å².